The number of carbonyl (C=O) groups excluding carboxylic acids is 1. The number of amides is 1. The Morgan fingerprint density at radius 1 is 1.26 bits per heavy atom. The Morgan fingerprint density at radius 2 is 2.00 bits per heavy atom. The van der Waals surface area contributed by atoms with Gasteiger partial charge in [0.2, 0.25) is 0 Å². The van der Waals surface area contributed by atoms with Gasteiger partial charge in [-0.25, -0.2) is 0 Å². The van der Waals surface area contributed by atoms with E-state index in [0.29, 0.717) is 19.5 Å². The molecule has 0 unspecified atom stereocenters. The summed E-state index contributed by atoms with van der Waals surface area (Å²) in [5.41, 5.74) is -0.0151. The lowest BCUT2D eigenvalue weighted by atomic mass is 9.80. The molecule has 122 valence electrons. The molecular formula is C18H22N2O2S. The quantitative estimate of drug-likeness (QED) is 0.940. The molecule has 1 aliphatic rings. The Balaban J connectivity index is 1.86. The highest BCUT2D eigenvalue weighted by Gasteiger charge is 2.45. The molecule has 1 aromatic heterocycles. The Bertz CT molecular complexity index is 657. The van der Waals surface area contributed by atoms with Crippen LogP contribution in [0.1, 0.15) is 21.7 Å². The van der Waals surface area contributed by atoms with Crippen LogP contribution in [0.3, 0.4) is 0 Å². The Hall–Kier alpha value is -1.69. The minimum absolute atomic E-state index is 0.0574. The van der Waals surface area contributed by atoms with E-state index in [4.69, 9.17) is 0 Å². The third kappa shape index (κ3) is 3.04. The molecule has 2 aromatic rings. The average Bonchev–Trinajstić information content (AvgIpc) is 3.09. The summed E-state index contributed by atoms with van der Waals surface area (Å²) in [6.45, 7) is 1.08. The van der Waals surface area contributed by atoms with E-state index in [1.54, 1.807) is 0 Å². The lowest BCUT2D eigenvalue weighted by Gasteiger charge is -2.47. The van der Waals surface area contributed by atoms with Gasteiger partial charge in [0.25, 0.3) is 5.91 Å². The summed E-state index contributed by atoms with van der Waals surface area (Å²) < 4.78 is 0. The van der Waals surface area contributed by atoms with E-state index in [-0.39, 0.29) is 11.9 Å². The predicted octanol–water partition coefficient (Wildman–Crippen LogP) is 2.41. The highest BCUT2D eigenvalue weighted by atomic mass is 32.1. The molecule has 1 aromatic carbocycles. The SMILES string of the molecule is CN(C)[C@@H]1CN(C(=O)c2cccs2)CC[C@]1(O)c1ccccc1. The molecule has 0 radical (unpaired) electrons. The molecule has 2 heterocycles. The van der Waals surface area contributed by atoms with Gasteiger partial charge in [-0.1, -0.05) is 36.4 Å². The molecule has 1 saturated heterocycles. The van der Waals surface area contributed by atoms with Crippen LogP contribution in [0, 0.1) is 0 Å². The third-order valence-corrected chi connectivity index (χ3v) is 5.48. The topological polar surface area (TPSA) is 43.8 Å². The minimum Gasteiger partial charge on any atom is -0.383 e. The molecule has 0 saturated carbocycles. The van der Waals surface area contributed by atoms with Crippen LogP contribution < -0.4 is 0 Å². The number of carbonyl (C=O) groups is 1. The van der Waals surface area contributed by atoms with E-state index in [9.17, 15) is 9.90 Å². The molecule has 1 N–H and O–H groups in total. The summed E-state index contributed by atoms with van der Waals surface area (Å²) >= 11 is 1.46. The van der Waals surface area contributed by atoms with Gasteiger partial charge in [-0.3, -0.25) is 4.79 Å². The summed E-state index contributed by atoms with van der Waals surface area (Å²) in [6.07, 6.45) is 0.539. The standard InChI is InChI=1S/C18H22N2O2S/c1-19(2)16-13-20(17(21)15-9-6-12-23-15)11-10-18(16,22)14-7-4-3-5-8-14/h3-9,12,16,22H,10-11,13H2,1-2H3/t16-,18+/m1/s1. The van der Waals surface area contributed by atoms with Crippen molar-refractivity contribution >= 4 is 17.2 Å². The van der Waals surface area contributed by atoms with Crippen LogP contribution in [0.15, 0.2) is 47.8 Å². The van der Waals surface area contributed by atoms with Crippen LogP contribution in [-0.2, 0) is 5.60 Å². The Labute approximate surface area is 141 Å². The van der Waals surface area contributed by atoms with Crippen molar-refractivity contribution in [3.05, 3.63) is 58.3 Å². The molecule has 3 rings (SSSR count). The number of nitrogens with zero attached hydrogens (tertiary/aromatic N) is 2. The normalized spacial score (nSPS) is 24.9. The summed E-state index contributed by atoms with van der Waals surface area (Å²) in [5, 5.41) is 13.2. The number of hydrogen-bond donors (Lipinski definition) is 1. The van der Waals surface area contributed by atoms with E-state index in [2.05, 4.69) is 0 Å². The first-order chi connectivity index (χ1) is 11.0. The maximum Gasteiger partial charge on any atom is 0.263 e. The molecule has 1 fully saturated rings. The fourth-order valence-corrected chi connectivity index (χ4v) is 4.01. The molecule has 0 bridgehead atoms. The number of likely N-dealkylation sites (tertiary alicyclic amines) is 1. The fraction of sp³-hybridized carbons (Fsp3) is 0.389. The van der Waals surface area contributed by atoms with Crippen LogP contribution in [0.4, 0.5) is 0 Å². The first kappa shape index (κ1) is 16.2. The number of benzene rings is 1. The number of thiophene rings is 1. The van der Waals surface area contributed by atoms with E-state index >= 15 is 0 Å². The summed E-state index contributed by atoms with van der Waals surface area (Å²) in [7, 11) is 3.91. The van der Waals surface area contributed by atoms with E-state index < -0.39 is 5.60 Å². The van der Waals surface area contributed by atoms with E-state index in [1.807, 2.05) is 71.7 Å². The van der Waals surface area contributed by atoms with Gasteiger partial charge >= 0.3 is 0 Å². The molecule has 5 heteroatoms. The maximum absolute atomic E-state index is 12.6. The zero-order valence-electron chi connectivity index (χ0n) is 13.5. The van der Waals surface area contributed by atoms with Gasteiger partial charge in [0, 0.05) is 13.1 Å². The predicted molar refractivity (Wildman–Crippen MR) is 92.7 cm³/mol. The molecule has 4 nitrogen and oxygen atoms in total. The van der Waals surface area contributed by atoms with Gasteiger partial charge in [0.15, 0.2) is 0 Å². The third-order valence-electron chi connectivity index (χ3n) is 4.62. The Morgan fingerprint density at radius 3 is 2.61 bits per heavy atom. The van der Waals surface area contributed by atoms with Gasteiger partial charge in [-0.05, 0) is 37.5 Å². The number of aliphatic hydroxyl groups is 1. The van der Waals surface area contributed by atoms with E-state index in [0.717, 1.165) is 10.4 Å². The average molecular weight is 330 g/mol. The van der Waals surface area contributed by atoms with Crippen molar-refractivity contribution in [1.29, 1.82) is 0 Å². The first-order valence-corrected chi connectivity index (χ1v) is 8.67. The largest absolute Gasteiger partial charge is 0.383 e. The van der Waals surface area contributed by atoms with Crippen molar-refractivity contribution in [2.75, 3.05) is 27.2 Å². The highest BCUT2D eigenvalue weighted by molar-refractivity contribution is 7.12. The number of hydrogen-bond acceptors (Lipinski definition) is 4. The summed E-state index contributed by atoms with van der Waals surface area (Å²) in [4.78, 5) is 17.2. The van der Waals surface area contributed by atoms with Crippen LogP contribution in [-0.4, -0.2) is 54.0 Å². The van der Waals surface area contributed by atoms with Crippen LogP contribution in [0.2, 0.25) is 0 Å². The first-order valence-electron chi connectivity index (χ1n) is 7.79. The highest BCUT2D eigenvalue weighted by Crippen LogP contribution is 2.35. The van der Waals surface area contributed by atoms with Gasteiger partial charge in [0.1, 0.15) is 5.60 Å². The van der Waals surface area contributed by atoms with Crippen LogP contribution >= 0.6 is 11.3 Å². The second kappa shape index (κ2) is 6.43. The number of piperidine rings is 1. The van der Waals surface area contributed by atoms with Gasteiger partial charge in [0.05, 0.1) is 10.9 Å². The fourth-order valence-electron chi connectivity index (χ4n) is 3.32. The van der Waals surface area contributed by atoms with Crippen molar-refractivity contribution in [3.63, 3.8) is 0 Å². The molecule has 0 spiro atoms. The monoisotopic (exact) mass is 330 g/mol. The maximum atomic E-state index is 12.6. The molecular weight excluding hydrogens is 308 g/mol. The number of rotatable bonds is 3. The van der Waals surface area contributed by atoms with Crippen molar-refractivity contribution in [2.24, 2.45) is 0 Å². The number of likely N-dealkylation sites (N-methyl/N-ethyl adjacent to an activating group) is 1. The lowest BCUT2D eigenvalue weighted by molar-refractivity contribution is -0.0809. The van der Waals surface area contributed by atoms with Crippen LogP contribution in [0.5, 0.6) is 0 Å². The van der Waals surface area contributed by atoms with Gasteiger partial charge in [-0.15, -0.1) is 11.3 Å². The zero-order valence-corrected chi connectivity index (χ0v) is 14.3. The van der Waals surface area contributed by atoms with Crippen molar-refractivity contribution in [2.45, 2.75) is 18.1 Å². The molecule has 0 aliphatic carbocycles. The summed E-state index contributed by atoms with van der Waals surface area (Å²) in [6, 6.07) is 13.4. The second-order valence-corrected chi connectivity index (χ2v) is 7.20. The van der Waals surface area contributed by atoms with Gasteiger partial charge < -0.3 is 14.9 Å². The second-order valence-electron chi connectivity index (χ2n) is 6.25. The van der Waals surface area contributed by atoms with Crippen molar-refractivity contribution in [3.8, 4) is 0 Å². The summed E-state index contributed by atoms with van der Waals surface area (Å²) in [5.74, 6) is 0.0574. The molecule has 2 atom stereocenters. The van der Waals surface area contributed by atoms with E-state index in [1.165, 1.54) is 11.3 Å². The van der Waals surface area contributed by atoms with Gasteiger partial charge in [-0.2, -0.15) is 0 Å². The van der Waals surface area contributed by atoms with Crippen molar-refractivity contribution < 1.29 is 9.90 Å². The Kier molecular flexibility index (Phi) is 4.53. The molecule has 23 heavy (non-hydrogen) atoms. The lowest BCUT2D eigenvalue weighted by Crippen LogP contribution is -2.60. The zero-order chi connectivity index (χ0) is 16.4. The smallest absolute Gasteiger partial charge is 0.263 e. The minimum atomic E-state index is -0.934. The van der Waals surface area contributed by atoms with Crippen molar-refractivity contribution in [1.82, 2.24) is 9.80 Å². The van der Waals surface area contributed by atoms with Crippen LogP contribution in [0.25, 0.3) is 0 Å². The molecule has 1 aliphatic heterocycles. The molecule has 1 amide bonds.